The Bertz CT molecular complexity index is 703. The molecule has 0 aromatic carbocycles. The molecule has 6 rings (SSSR count). The van der Waals surface area contributed by atoms with E-state index in [4.69, 9.17) is 9.47 Å². The Morgan fingerprint density at radius 3 is 1.91 bits per heavy atom. The van der Waals surface area contributed by atoms with Crippen molar-refractivity contribution in [1.29, 1.82) is 0 Å². The summed E-state index contributed by atoms with van der Waals surface area (Å²) in [5, 5.41) is 0. The summed E-state index contributed by atoms with van der Waals surface area (Å²) in [6.07, 6.45) is 7.52. The molecule has 6 nitrogen and oxygen atoms in total. The second-order valence-corrected chi connectivity index (χ2v) is 6.66. The minimum Gasteiger partial charge on any atom is -0.393 e. The Labute approximate surface area is 125 Å². The van der Waals surface area contributed by atoms with E-state index in [1.165, 1.54) is 0 Å². The van der Waals surface area contributed by atoms with Crippen LogP contribution in [0.5, 0.6) is 0 Å². The second-order valence-electron chi connectivity index (χ2n) is 6.66. The topological polar surface area (TPSA) is 86.7 Å². The predicted octanol–water partition coefficient (Wildman–Crippen LogP) is 0.236. The number of hydrogen-bond acceptors (Lipinski definition) is 6. The summed E-state index contributed by atoms with van der Waals surface area (Å²) >= 11 is 0. The van der Waals surface area contributed by atoms with Crippen molar-refractivity contribution in [1.82, 2.24) is 0 Å². The number of carbonyl (C=O) groups is 4. The molecule has 3 fully saturated rings. The third-order valence-corrected chi connectivity index (χ3v) is 5.94. The van der Waals surface area contributed by atoms with Crippen LogP contribution in [0.15, 0.2) is 24.3 Å². The van der Waals surface area contributed by atoms with Crippen molar-refractivity contribution >= 4 is 23.9 Å². The molecule has 0 spiro atoms. The average molecular weight is 300 g/mol. The van der Waals surface area contributed by atoms with Crippen LogP contribution in [0, 0.1) is 47.3 Å². The fourth-order valence-corrected chi connectivity index (χ4v) is 5.17. The van der Waals surface area contributed by atoms with Gasteiger partial charge in [-0.15, -0.1) is 0 Å². The zero-order chi connectivity index (χ0) is 15.2. The van der Waals surface area contributed by atoms with Crippen LogP contribution in [0.1, 0.15) is 0 Å². The molecule has 2 bridgehead atoms. The largest absolute Gasteiger partial charge is 0.393 e. The molecular weight excluding hydrogens is 288 g/mol. The molecule has 4 aliphatic carbocycles. The van der Waals surface area contributed by atoms with Crippen molar-refractivity contribution in [2.24, 2.45) is 47.3 Å². The van der Waals surface area contributed by atoms with Gasteiger partial charge in [0.15, 0.2) is 0 Å². The van der Waals surface area contributed by atoms with Crippen LogP contribution in [0.2, 0.25) is 0 Å². The molecule has 1 saturated carbocycles. The van der Waals surface area contributed by atoms with E-state index in [1.54, 1.807) is 6.08 Å². The van der Waals surface area contributed by atoms with Gasteiger partial charge in [0.1, 0.15) is 0 Å². The molecule has 2 heterocycles. The van der Waals surface area contributed by atoms with Crippen LogP contribution in [-0.2, 0) is 28.7 Å². The van der Waals surface area contributed by atoms with Crippen molar-refractivity contribution in [3.63, 3.8) is 0 Å². The number of cyclic esters (lactones) is 4. The first-order valence-corrected chi connectivity index (χ1v) is 7.45. The maximum Gasteiger partial charge on any atom is 0.321 e. The van der Waals surface area contributed by atoms with Gasteiger partial charge in [-0.1, -0.05) is 24.3 Å². The molecular formula is C16H12O6. The third-order valence-electron chi connectivity index (χ3n) is 5.94. The summed E-state index contributed by atoms with van der Waals surface area (Å²) in [5.74, 6) is -4.71. The minimum absolute atomic E-state index is 0.0330. The molecule has 0 aromatic rings. The Morgan fingerprint density at radius 1 is 0.591 bits per heavy atom. The number of fused-ring (bicyclic) bond motifs is 1. The highest BCUT2D eigenvalue weighted by Crippen LogP contribution is 2.60. The number of carbonyl (C=O) groups excluding carboxylic acids is 4. The zero-order valence-corrected chi connectivity index (χ0v) is 11.4. The van der Waals surface area contributed by atoms with Crippen LogP contribution in [0.3, 0.4) is 0 Å². The lowest BCUT2D eigenvalue weighted by molar-refractivity contribution is -0.156. The lowest BCUT2D eigenvalue weighted by atomic mass is 9.49. The highest BCUT2D eigenvalue weighted by Gasteiger charge is 2.66. The first-order valence-electron chi connectivity index (χ1n) is 7.45. The monoisotopic (exact) mass is 300 g/mol. The van der Waals surface area contributed by atoms with Gasteiger partial charge in [0.2, 0.25) is 0 Å². The van der Waals surface area contributed by atoms with Crippen LogP contribution >= 0.6 is 0 Å². The normalized spacial score (nSPS) is 50.5. The molecule has 8 atom stereocenters. The Kier molecular flexibility index (Phi) is 2.10. The second kappa shape index (κ2) is 3.74. The summed E-state index contributed by atoms with van der Waals surface area (Å²) in [6.45, 7) is 0. The molecule has 0 N–H and O–H groups in total. The molecule has 6 heteroatoms. The van der Waals surface area contributed by atoms with E-state index in [0.29, 0.717) is 0 Å². The van der Waals surface area contributed by atoms with Gasteiger partial charge < -0.3 is 9.47 Å². The van der Waals surface area contributed by atoms with Gasteiger partial charge in [0, 0.05) is 0 Å². The van der Waals surface area contributed by atoms with Gasteiger partial charge in [-0.25, -0.2) is 0 Å². The van der Waals surface area contributed by atoms with Crippen LogP contribution in [0.4, 0.5) is 0 Å². The first kappa shape index (κ1) is 12.3. The summed E-state index contributed by atoms with van der Waals surface area (Å²) in [6, 6.07) is 0. The van der Waals surface area contributed by atoms with Crippen LogP contribution in [-0.4, -0.2) is 23.9 Å². The summed E-state index contributed by atoms with van der Waals surface area (Å²) in [4.78, 5) is 47.9. The molecule has 2 saturated heterocycles. The van der Waals surface area contributed by atoms with E-state index in [0.717, 1.165) is 0 Å². The zero-order valence-electron chi connectivity index (χ0n) is 11.4. The summed E-state index contributed by atoms with van der Waals surface area (Å²) in [7, 11) is 0. The quantitative estimate of drug-likeness (QED) is 0.362. The van der Waals surface area contributed by atoms with E-state index in [1.807, 2.05) is 18.2 Å². The minimum atomic E-state index is -0.562. The summed E-state index contributed by atoms with van der Waals surface area (Å²) < 4.78 is 9.62. The van der Waals surface area contributed by atoms with E-state index in [9.17, 15) is 19.2 Å². The molecule has 22 heavy (non-hydrogen) atoms. The predicted molar refractivity (Wildman–Crippen MR) is 68.4 cm³/mol. The molecule has 8 unspecified atom stereocenters. The maximum absolute atomic E-state index is 12.1. The lowest BCUT2D eigenvalue weighted by Gasteiger charge is -2.51. The molecule has 2 aliphatic heterocycles. The molecule has 0 amide bonds. The van der Waals surface area contributed by atoms with Crippen LogP contribution in [0.25, 0.3) is 0 Å². The fraction of sp³-hybridized carbons (Fsp3) is 0.500. The Morgan fingerprint density at radius 2 is 1.14 bits per heavy atom. The lowest BCUT2D eigenvalue weighted by Crippen LogP contribution is -2.53. The van der Waals surface area contributed by atoms with Gasteiger partial charge in [-0.05, 0) is 23.7 Å². The molecule has 0 radical (unpaired) electrons. The highest BCUT2D eigenvalue weighted by molar-refractivity contribution is 6.00. The van der Waals surface area contributed by atoms with Gasteiger partial charge in [0.25, 0.3) is 0 Å². The molecule has 6 aliphatic rings. The number of hydrogen-bond donors (Lipinski definition) is 0. The molecule has 112 valence electrons. The van der Waals surface area contributed by atoms with Gasteiger partial charge in [-0.2, -0.15) is 0 Å². The van der Waals surface area contributed by atoms with E-state index < -0.39 is 47.5 Å². The fourth-order valence-electron chi connectivity index (χ4n) is 5.17. The van der Waals surface area contributed by atoms with E-state index >= 15 is 0 Å². The van der Waals surface area contributed by atoms with Crippen LogP contribution < -0.4 is 0 Å². The highest BCUT2D eigenvalue weighted by atomic mass is 16.6. The molecule has 0 aromatic heterocycles. The number of rotatable bonds is 0. The standard InChI is InChI=1S/C16H12O6/c17-13-8-4-2-5-6-1-3-7(9(5)12(8)16(20)21-13)11-10(6)14(18)22-15(11)19/h1-12H. The number of allylic oxidation sites excluding steroid dienone is 3. The summed E-state index contributed by atoms with van der Waals surface area (Å²) in [5.41, 5.74) is 0. The number of esters is 4. The first-order chi connectivity index (χ1) is 10.6. The average Bonchev–Trinajstić information content (AvgIpc) is 2.98. The van der Waals surface area contributed by atoms with Crippen molar-refractivity contribution in [2.45, 2.75) is 0 Å². The van der Waals surface area contributed by atoms with Crippen molar-refractivity contribution < 1.29 is 28.7 Å². The van der Waals surface area contributed by atoms with Gasteiger partial charge >= 0.3 is 23.9 Å². The van der Waals surface area contributed by atoms with Crippen molar-refractivity contribution in [2.75, 3.05) is 0 Å². The number of ether oxygens (including phenoxy) is 2. The Hall–Kier alpha value is -2.24. The smallest absolute Gasteiger partial charge is 0.321 e. The van der Waals surface area contributed by atoms with Gasteiger partial charge in [-0.3, -0.25) is 19.2 Å². The SMILES string of the molecule is O=C1OC(=O)C2C1C=CC1C3C=CC(C4C(=O)OC(=O)C34)C12. The van der Waals surface area contributed by atoms with Gasteiger partial charge in [0.05, 0.1) is 23.7 Å². The Balaban J connectivity index is 1.65. The van der Waals surface area contributed by atoms with Crippen molar-refractivity contribution in [3.8, 4) is 0 Å². The van der Waals surface area contributed by atoms with Crippen molar-refractivity contribution in [3.05, 3.63) is 24.3 Å². The van der Waals surface area contributed by atoms with E-state index in [2.05, 4.69) is 0 Å². The van der Waals surface area contributed by atoms with E-state index in [-0.39, 0.29) is 23.7 Å². The maximum atomic E-state index is 12.1. The third kappa shape index (κ3) is 1.23.